The first-order valence-electron chi connectivity index (χ1n) is 4.17. The molecule has 1 unspecified atom stereocenters. The number of amides is 1. The van der Waals surface area contributed by atoms with E-state index in [4.69, 9.17) is 16.7 Å². The summed E-state index contributed by atoms with van der Waals surface area (Å²) in [5.41, 5.74) is 12.0. The van der Waals surface area contributed by atoms with Crippen LogP contribution in [0.15, 0.2) is 24.3 Å². The van der Waals surface area contributed by atoms with Gasteiger partial charge in [0.05, 0.1) is 17.7 Å². The van der Waals surface area contributed by atoms with Crippen molar-refractivity contribution < 1.29 is 4.79 Å². The first-order valence-corrected chi connectivity index (χ1v) is 4.17. The number of nitrogens with two attached hydrogens (primary N) is 2. The van der Waals surface area contributed by atoms with Crippen molar-refractivity contribution in [2.45, 2.75) is 12.5 Å². The lowest BCUT2D eigenvalue weighted by atomic mass is 10.0. The van der Waals surface area contributed by atoms with Crippen LogP contribution in [0.1, 0.15) is 11.1 Å². The molecule has 4 heteroatoms. The molecule has 4 N–H and O–H groups in total. The molecule has 0 radical (unpaired) electrons. The van der Waals surface area contributed by atoms with Gasteiger partial charge in [-0.05, 0) is 24.1 Å². The van der Waals surface area contributed by atoms with Crippen LogP contribution < -0.4 is 11.5 Å². The Morgan fingerprint density at radius 1 is 1.43 bits per heavy atom. The van der Waals surface area contributed by atoms with E-state index in [0.717, 1.165) is 5.56 Å². The van der Waals surface area contributed by atoms with Crippen LogP contribution in [0.25, 0.3) is 0 Å². The Labute approximate surface area is 82.1 Å². The van der Waals surface area contributed by atoms with Crippen LogP contribution in [0.2, 0.25) is 0 Å². The zero-order valence-corrected chi connectivity index (χ0v) is 7.60. The van der Waals surface area contributed by atoms with Crippen molar-refractivity contribution in [2.24, 2.45) is 11.5 Å². The van der Waals surface area contributed by atoms with Gasteiger partial charge in [-0.25, -0.2) is 0 Å². The maximum atomic E-state index is 10.7. The average Bonchev–Trinajstić information content (AvgIpc) is 2.19. The van der Waals surface area contributed by atoms with Gasteiger partial charge in [-0.2, -0.15) is 5.26 Å². The minimum Gasteiger partial charge on any atom is -0.368 e. The molecule has 0 saturated carbocycles. The second-order valence-electron chi connectivity index (χ2n) is 3.02. The summed E-state index contributed by atoms with van der Waals surface area (Å²) in [6, 6.07) is 8.24. The third-order valence-electron chi connectivity index (χ3n) is 1.90. The number of hydrogen-bond acceptors (Lipinski definition) is 3. The maximum absolute atomic E-state index is 10.7. The van der Waals surface area contributed by atoms with Gasteiger partial charge in [-0.1, -0.05) is 12.1 Å². The second-order valence-corrected chi connectivity index (χ2v) is 3.02. The molecule has 1 aromatic carbocycles. The summed E-state index contributed by atoms with van der Waals surface area (Å²) in [7, 11) is 0. The number of nitriles is 1. The van der Waals surface area contributed by atoms with Crippen LogP contribution in [0.3, 0.4) is 0 Å². The van der Waals surface area contributed by atoms with Crippen LogP contribution in [-0.2, 0) is 11.2 Å². The van der Waals surface area contributed by atoms with Gasteiger partial charge >= 0.3 is 0 Å². The number of nitrogens with zero attached hydrogens (tertiary/aromatic N) is 1. The second kappa shape index (κ2) is 4.40. The maximum Gasteiger partial charge on any atom is 0.234 e. The smallest absolute Gasteiger partial charge is 0.234 e. The van der Waals surface area contributed by atoms with E-state index in [2.05, 4.69) is 0 Å². The highest BCUT2D eigenvalue weighted by Gasteiger charge is 2.09. The van der Waals surface area contributed by atoms with Gasteiger partial charge in [0.2, 0.25) is 5.91 Å². The topological polar surface area (TPSA) is 92.9 Å². The normalized spacial score (nSPS) is 11.7. The van der Waals surface area contributed by atoms with Gasteiger partial charge in [0.1, 0.15) is 0 Å². The highest BCUT2D eigenvalue weighted by molar-refractivity contribution is 5.79. The van der Waals surface area contributed by atoms with Gasteiger partial charge in [0.15, 0.2) is 0 Å². The van der Waals surface area contributed by atoms with Crippen molar-refractivity contribution in [3.05, 3.63) is 35.4 Å². The Hall–Kier alpha value is -1.86. The summed E-state index contributed by atoms with van der Waals surface area (Å²) in [6.45, 7) is 0. The van der Waals surface area contributed by atoms with E-state index < -0.39 is 11.9 Å². The Balaban J connectivity index is 2.70. The fourth-order valence-electron chi connectivity index (χ4n) is 1.07. The molecule has 0 aliphatic rings. The van der Waals surface area contributed by atoms with Crippen LogP contribution >= 0.6 is 0 Å². The van der Waals surface area contributed by atoms with E-state index in [1.54, 1.807) is 24.3 Å². The number of rotatable bonds is 3. The van der Waals surface area contributed by atoms with Gasteiger partial charge in [-0.3, -0.25) is 4.79 Å². The molecule has 14 heavy (non-hydrogen) atoms. The molecule has 1 atom stereocenters. The van der Waals surface area contributed by atoms with Crippen molar-refractivity contribution in [3.8, 4) is 6.07 Å². The lowest BCUT2D eigenvalue weighted by Crippen LogP contribution is -2.38. The van der Waals surface area contributed by atoms with Crippen LogP contribution in [0, 0.1) is 11.3 Å². The van der Waals surface area contributed by atoms with Crippen LogP contribution in [-0.4, -0.2) is 11.9 Å². The van der Waals surface area contributed by atoms with Gasteiger partial charge < -0.3 is 11.5 Å². The number of carbonyl (C=O) groups is 1. The Morgan fingerprint density at radius 2 is 2.00 bits per heavy atom. The van der Waals surface area contributed by atoms with E-state index in [1.807, 2.05) is 6.07 Å². The molecule has 0 aliphatic carbocycles. The molecule has 0 aliphatic heterocycles. The van der Waals surface area contributed by atoms with Crippen molar-refractivity contribution in [1.82, 2.24) is 0 Å². The summed E-state index contributed by atoms with van der Waals surface area (Å²) in [5.74, 6) is -0.519. The predicted molar refractivity (Wildman–Crippen MR) is 52.0 cm³/mol. The average molecular weight is 189 g/mol. The summed E-state index contributed by atoms with van der Waals surface area (Å²) < 4.78 is 0. The summed E-state index contributed by atoms with van der Waals surface area (Å²) in [5, 5.41) is 8.55. The standard InChI is InChI=1S/C10H11N3O/c11-6-8-3-1-7(2-4-8)5-9(12)10(13)14/h1-4,9H,5,12H2,(H2,13,14). The Bertz CT molecular complexity index is 364. The lowest BCUT2D eigenvalue weighted by molar-refractivity contribution is -0.119. The number of carbonyl (C=O) groups excluding carboxylic acids is 1. The summed E-state index contributed by atoms with van der Waals surface area (Å²) in [6.07, 6.45) is 0.404. The third-order valence-corrected chi connectivity index (χ3v) is 1.90. The van der Waals surface area contributed by atoms with E-state index in [9.17, 15) is 4.79 Å². The fourth-order valence-corrected chi connectivity index (χ4v) is 1.07. The monoisotopic (exact) mass is 189 g/mol. The molecule has 4 nitrogen and oxygen atoms in total. The summed E-state index contributed by atoms with van der Waals surface area (Å²) >= 11 is 0. The molecule has 0 aromatic heterocycles. The molecular weight excluding hydrogens is 178 g/mol. The van der Waals surface area contributed by atoms with Crippen molar-refractivity contribution in [2.75, 3.05) is 0 Å². The minimum absolute atomic E-state index is 0.404. The third kappa shape index (κ3) is 2.57. The molecule has 0 spiro atoms. The fraction of sp³-hybridized carbons (Fsp3) is 0.200. The van der Waals surface area contributed by atoms with E-state index in [0.29, 0.717) is 12.0 Å². The molecule has 1 rings (SSSR count). The molecule has 0 bridgehead atoms. The largest absolute Gasteiger partial charge is 0.368 e. The number of benzene rings is 1. The first kappa shape index (κ1) is 10.2. The first-order chi connectivity index (χ1) is 6.63. The molecule has 1 amide bonds. The van der Waals surface area contributed by atoms with E-state index in [-0.39, 0.29) is 0 Å². The predicted octanol–water partition coefficient (Wildman–Crippen LogP) is -0.0866. The van der Waals surface area contributed by atoms with E-state index in [1.165, 1.54) is 0 Å². The van der Waals surface area contributed by atoms with Gasteiger partial charge in [0, 0.05) is 0 Å². The van der Waals surface area contributed by atoms with Gasteiger partial charge in [0.25, 0.3) is 0 Å². The molecule has 0 heterocycles. The molecule has 0 fully saturated rings. The molecule has 0 saturated heterocycles. The van der Waals surface area contributed by atoms with Crippen molar-refractivity contribution in [1.29, 1.82) is 5.26 Å². The zero-order chi connectivity index (χ0) is 10.6. The molecular formula is C10H11N3O. The summed E-state index contributed by atoms with van der Waals surface area (Å²) in [4.78, 5) is 10.7. The Morgan fingerprint density at radius 3 is 2.43 bits per heavy atom. The Kier molecular flexibility index (Phi) is 3.21. The highest BCUT2D eigenvalue weighted by atomic mass is 16.1. The van der Waals surface area contributed by atoms with Gasteiger partial charge in [-0.15, -0.1) is 0 Å². The van der Waals surface area contributed by atoms with Crippen LogP contribution in [0.4, 0.5) is 0 Å². The van der Waals surface area contributed by atoms with Crippen molar-refractivity contribution >= 4 is 5.91 Å². The molecule has 1 aromatic rings. The zero-order valence-electron chi connectivity index (χ0n) is 7.60. The van der Waals surface area contributed by atoms with Crippen molar-refractivity contribution in [3.63, 3.8) is 0 Å². The van der Waals surface area contributed by atoms with E-state index >= 15 is 0 Å². The van der Waals surface area contributed by atoms with Crippen LogP contribution in [0.5, 0.6) is 0 Å². The SMILES string of the molecule is N#Cc1ccc(CC(N)C(N)=O)cc1. The lowest BCUT2D eigenvalue weighted by Gasteiger charge is -2.06. The number of hydrogen-bond donors (Lipinski definition) is 2. The molecule has 72 valence electrons. The highest BCUT2D eigenvalue weighted by Crippen LogP contribution is 2.05. The minimum atomic E-state index is -0.664. The number of primary amides is 1. The quantitative estimate of drug-likeness (QED) is 0.696.